The molecule has 2 aromatic rings. The Morgan fingerprint density at radius 3 is 2.20 bits per heavy atom. The van der Waals surface area contributed by atoms with Crippen LogP contribution in [-0.4, -0.2) is 28.6 Å². The standard InChI is InChI=1S/C28H35N3O4/c1-7-22(20-13-10-9-11-14-20)31-28(35)25(17(3)4)29-18(5)26(24(33)8-2)30-23-16-12-15-21(19(6)32)27(23)34/h8-17,22,25,29-30,34H,2,7H2,1,3-6H3,(H,31,35)/b26-18-. The summed E-state index contributed by atoms with van der Waals surface area (Å²) in [7, 11) is 0. The maximum absolute atomic E-state index is 13.3. The van der Waals surface area contributed by atoms with Gasteiger partial charge in [-0.15, -0.1) is 0 Å². The lowest BCUT2D eigenvalue weighted by molar-refractivity contribution is -0.124. The van der Waals surface area contributed by atoms with E-state index >= 15 is 0 Å². The first kappa shape index (κ1) is 27.4. The molecule has 2 unspecified atom stereocenters. The van der Waals surface area contributed by atoms with E-state index in [1.54, 1.807) is 19.1 Å². The Morgan fingerprint density at radius 2 is 1.66 bits per heavy atom. The third-order valence-corrected chi connectivity index (χ3v) is 5.73. The first-order chi connectivity index (χ1) is 16.6. The summed E-state index contributed by atoms with van der Waals surface area (Å²) in [4.78, 5) is 37.7. The number of Topliss-reactive ketones (excluding diaryl/α,β-unsaturated/α-hetero) is 1. The van der Waals surface area contributed by atoms with Gasteiger partial charge in [0.05, 0.1) is 17.3 Å². The second kappa shape index (κ2) is 12.6. The molecule has 0 saturated carbocycles. The van der Waals surface area contributed by atoms with E-state index in [9.17, 15) is 19.5 Å². The van der Waals surface area contributed by atoms with Crippen LogP contribution in [0, 0.1) is 5.92 Å². The van der Waals surface area contributed by atoms with Crippen molar-refractivity contribution in [2.45, 2.75) is 53.1 Å². The van der Waals surface area contributed by atoms with Crippen molar-refractivity contribution in [1.82, 2.24) is 10.6 Å². The highest BCUT2D eigenvalue weighted by atomic mass is 16.3. The molecule has 7 nitrogen and oxygen atoms in total. The minimum Gasteiger partial charge on any atom is -0.505 e. The van der Waals surface area contributed by atoms with Crippen molar-refractivity contribution in [2.24, 2.45) is 5.92 Å². The third-order valence-electron chi connectivity index (χ3n) is 5.73. The minimum absolute atomic E-state index is 0.0900. The van der Waals surface area contributed by atoms with Gasteiger partial charge in [0.15, 0.2) is 5.78 Å². The third kappa shape index (κ3) is 7.06. The van der Waals surface area contributed by atoms with Crippen LogP contribution >= 0.6 is 0 Å². The van der Waals surface area contributed by atoms with E-state index in [-0.39, 0.29) is 46.3 Å². The van der Waals surface area contributed by atoms with Gasteiger partial charge in [0.25, 0.3) is 0 Å². The molecule has 0 radical (unpaired) electrons. The quantitative estimate of drug-likeness (QED) is 0.197. The molecule has 186 valence electrons. The number of hydrogen-bond acceptors (Lipinski definition) is 6. The molecular formula is C28H35N3O4. The molecule has 35 heavy (non-hydrogen) atoms. The molecule has 0 fully saturated rings. The molecule has 0 aliphatic heterocycles. The van der Waals surface area contributed by atoms with Crippen molar-refractivity contribution >= 4 is 23.2 Å². The number of aromatic hydroxyl groups is 1. The molecule has 1 amide bonds. The van der Waals surface area contributed by atoms with Crippen LogP contribution in [0.1, 0.15) is 63.0 Å². The number of phenolic OH excluding ortho intramolecular Hbond substituents is 1. The molecule has 0 aliphatic rings. The number of carbonyl (C=O) groups excluding carboxylic acids is 3. The molecule has 4 N–H and O–H groups in total. The summed E-state index contributed by atoms with van der Waals surface area (Å²) in [5.74, 6) is -1.27. The molecule has 2 rings (SSSR count). The zero-order valence-electron chi connectivity index (χ0n) is 21.0. The van der Waals surface area contributed by atoms with Crippen molar-refractivity contribution < 1.29 is 19.5 Å². The molecule has 0 spiro atoms. The zero-order chi connectivity index (χ0) is 26.1. The van der Waals surface area contributed by atoms with Crippen LogP contribution in [0.25, 0.3) is 0 Å². The Kier molecular flexibility index (Phi) is 9.82. The number of benzene rings is 2. The highest BCUT2D eigenvalue weighted by Gasteiger charge is 2.26. The molecule has 2 aromatic carbocycles. The molecule has 0 heterocycles. The van der Waals surface area contributed by atoms with E-state index in [0.29, 0.717) is 5.70 Å². The van der Waals surface area contributed by atoms with Gasteiger partial charge in [0.1, 0.15) is 17.5 Å². The van der Waals surface area contributed by atoms with E-state index in [1.807, 2.05) is 51.1 Å². The van der Waals surface area contributed by atoms with Crippen LogP contribution in [0.5, 0.6) is 5.75 Å². The van der Waals surface area contributed by atoms with Gasteiger partial charge in [-0.05, 0) is 50.0 Å². The average Bonchev–Trinajstić information content (AvgIpc) is 2.84. The maximum atomic E-state index is 13.3. The van der Waals surface area contributed by atoms with Crippen LogP contribution in [0.2, 0.25) is 0 Å². The molecule has 0 aromatic heterocycles. The number of para-hydroxylation sites is 1. The first-order valence-corrected chi connectivity index (χ1v) is 11.7. The van der Waals surface area contributed by atoms with Crippen molar-refractivity contribution in [3.63, 3.8) is 0 Å². The molecular weight excluding hydrogens is 442 g/mol. The molecule has 7 heteroatoms. The molecule has 0 saturated heterocycles. The van der Waals surface area contributed by atoms with Gasteiger partial charge in [0, 0.05) is 5.70 Å². The maximum Gasteiger partial charge on any atom is 0.243 e. The number of hydrogen-bond donors (Lipinski definition) is 4. The van der Waals surface area contributed by atoms with Gasteiger partial charge in [-0.25, -0.2) is 0 Å². The largest absolute Gasteiger partial charge is 0.505 e. The predicted octanol–water partition coefficient (Wildman–Crippen LogP) is 4.88. The molecule has 0 aliphatic carbocycles. The van der Waals surface area contributed by atoms with Crippen LogP contribution in [0.3, 0.4) is 0 Å². The number of nitrogens with one attached hydrogen (secondary N) is 3. The number of allylic oxidation sites excluding steroid dienone is 2. The van der Waals surface area contributed by atoms with Gasteiger partial charge in [-0.2, -0.15) is 0 Å². The fraction of sp³-hybridized carbons (Fsp3) is 0.321. The van der Waals surface area contributed by atoms with Crippen molar-refractivity contribution in [1.29, 1.82) is 0 Å². The monoisotopic (exact) mass is 477 g/mol. The lowest BCUT2D eigenvalue weighted by atomic mass is 10.00. The zero-order valence-corrected chi connectivity index (χ0v) is 21.0. The van der Waals surface area contributed by atoms with Crippen LogP contribution in [0.15, 0.2) is 72.6 Å². The van der Waals surface area contributed by atoms with E-state index in [4.69, 9.17) is 0 Å². The number of ketones is 2. The Labute approximate surface area is 207 Å². The van der Waals surface area contributed by atoms with Gasteiger partial charge in [0.2, 0.25) is 11.7 Å². The number of phenols is 1. The smallest absolute Gasteiger partial charge is 0.243 e. The predicted molar refractivity (Wildman–Crippen MR) is 139 cm³/mol. The Balaban J connectivity index is 2.35. The highest BCUT2D eigenvalue weighted by molar-refractivity contribution is 6.07. The molecule has 2 atom stereocenters. The highest BCUT2D eigenvalue weighted by Crippen LogP contribution is 2.29. The summed E-state index contributed by atoms with van der Waals surface area (Å²) in [6.45, 7) is 12.4. The van der Waals surface area contributed by atoms with Crippen molar-refractivity contribution in [2.75, 3.05) is 5.32 Å². The number of carbonyl (C=O) groups is 3. The van der Waals surface area contributed by atoms with E-state index in [1.165, 1.54) is 13.0 Å². The summed E-state index contributed by atoms with van der Waals surface area (Å²) in [5, 5.41) is 19.7. The summed E-state index contributed by atoms with van der Waals surface area (Å²) < 4.78 is 0. The number of amides is 1. The summed E-state index contributed by atoms with van der Waals surface area (Å²) in [6, 6.07) is 13.7. The SMILES string of the molecule is C=CC(=O)/C(Nc1cccc(C(C)=O)c1O)=C(\C)NC(C(=O)NC(CC)c1ccccc1)C(C)C. The van der Waals surface area contributed by atoms with E-state index in [0.717, 1.165) is 18.1 Å². The average molecular weight is 478 g/mol. The van der Waals surface area contributed by atoms with Crippen LogP contribution < -0.4 is 16.0 Å². The Morgan fingerprint density at radius 1 is 1.00 bits per heavy atom. The van der Waals surface area contributed by atoms with E-state index in [2.05, 4.69) is 22.5 Å². The van der Waals surface area contributed by atoms with Crippen molar-refractivity contribution in [3.05, 3.63) is 83.7 Å². The second-order valence-electron chi connectivity index (χ2n) is 8.70. The second-order valence-corrected chi connectivity index (χ2v) is 8.70. The summed E-state index contributed by atoms with van der Waals surface area (Å²) >= 11 is 0. The van der Waals surface area contributed by atoms with Gasteiger partial charge in [-0.3, -0.25) is 14.4 Å². The van der Waals surface area contributed by atoms with Gasteiger partial charge >= 0.3 is 0 Å². The number of rotatable bonds is 12. The summed E-state index contributed by atoms with van der Waals surface area (Å²) in [5.41, 5.74) is 1.87. The summed E-state index contributed by atoms with van der Waals surface area (Å²) in [6.07, 6.45) is 1.87. The Bertz CT molecular complexity index is 1110. The van der Waals surface area contributed by atoms with Gasteiger partial charge in [-0.1, -0.05) is 63.7 Å². The lowest BCUT2D eigenvalue weighted by Gasteiger charge is -2.27. The topological polar surface area (TPSA) is 108 Å². The fourth-order valence-corrected chi connectivity index (χ4v) is 3.71. The van der Waals surface area contributed by atoms with E-state index < -0.39 is 11.8 Å². The first-order valence-electron chi connectivity index (χ1n) is 11.7. The fourth-order valence-electron chi connectivity index (χ4n) is 3.71. The van der Waals surface area contributed by atoms with Crippen LogP contribution in [-0.2, 0) is 9.59 Å². The normalized spacial score (nSPS) is 13.3. The van der Waals surface area contributed by atoms with Crippen LogP contribution in [0.4, 0.5) is 5.69 Å². The lowest BCUT2D eigenvalue weighted by Crippen LogP contribution is -2.48. The van der Waals surface area contributed by atoms with Crippen molar-refractivity contribution in [3.8, 4) is 5.75 Å². The van der Waals surface area contributed by atoms with Gasteiger partial charge < -0.3 is 21.1 Å². The Hall–Kier alpha value is -3.87. The minimum atomic E-state index is -0.626. The molecule has 0 bridgehead atoms. The number of anilines is 1.